The molecule has 0 amide bonds. The molecule has 90 valence electrons. The molecule has 0 saturated heterocycles. The number of methoxy groups -OCH3 is 1. The Labute approximate surface area is 101 Å². The summed E-state index contributed by atoms with van der Waals surface area (Å²) in [6.07, 6.45) is 1.47. The zero-order valence-corrected chi connectivity index (χ0v) is 10.9. The number of ether oxygens (including phenoxy) is 1. The fourth-order valence-corrected chi connectivity index (χ4v) is 1.88. The largest absolute Gasteiger partial charge is 0.383 e. The van der Waals surface area contributed by atoms with Crippen LogP contribution in [0.2, 0.25) is 5.15 Å². The standard InChI is InChI=1S/C11H18ClN3O/c1-7(2)9-10(12)13-6-14-11(9)15-8(3)5-16-4/h6-8H,5H2,1-4H3,(H,13,14,15). The first kappa shape index (κ1) is 13.2. The van der Waals surface area contributed by atoms with Crippen molar-refractivity contribution in [3.05, 3.63) is 17.0 Å². The number of rotatable bonds is 5. The van der Waals surface area contributed by atoms with Crippen molar-refractivity contribution in [1.82, 2.24) is 9.97 Å². The van der Waals surface area contributed by atoms with E-state index in [0.29, 0.717) is 11.8 Å². The lowest BCUT2D eigenvalue weighted by atomic mass is 10.1. The van der Waals surface area contributed by atoms with Crippen LogP contribution in [-0.2, 0) is 4.74 Å². The highest BCUT2D eigenvalue weighted by Crippen LogP contribution is 2.28. The Morgan fingerprint density at radius 3 is 2.62 bits per heavy atom. The molecule has 1 unspecified atom stereocenters. The Kier molecular flexibility index (Phi) is 4.96. The van der Waals surface area contributed by atoms with Gasteiger partial charge < -0.3 is 10.1 Å². The molecular formula is C11H18ClN3O. The van der Waals surface area contributed by atoms with E-state index in [9.17, 15) is 0 Å². The topological polar surface area (TPSA) is 47.0 Å². The Morgan fingerprint density at radius 2 is 2.06 bits per heavy atom. The van der Waals surface area contributed by atoms with Crippen molar-refractivity contribution in [1.29, 1.82) is 0 Å². The van der Waals surface area contributed by atoms with Gasteiger partial charge >= 0.3 is 0 Å². The highest BCUT2D eigenvalue weighted by Gasteiger charge is 2.14. The minimum Gasteiger partial charge on any atom is -0.383 e. The molecule has 0 aliphatic heterocycles. The number of halogens is 1. The van der Waals surface area contributed by atoms with Crippen LogP contribution < -0.4 is 5.32 Å². The highest BCUT2D eigenvalue weighted by molar-refractivity contribution is 6.30. The number of hydrogen-bond donors (Lipinski definition) is 1. The summed E-state index contributed by atoms with van der Waals surface area (Å²) in [7, 11) is 1.68. The molecule has 0 saturated carbocycles. The van der Waals surface area contributed by atoms with Crippen LogP contribution in [-0.4, -0.2) is 29.7 Å². The van der Waals surface area contributed by atoms with Crippen molar-refractivity contribution < 1.29 is 4.74 Å². The van der Waals surface area contributed by atoms with Crippen LogP contribution in [0, 0.1) is 0 Å². The van der Waals surface area contributed by atoms with Gasteiger partial charge in [0.25, 0.3) is 0 Å². The molecule has 0 fully saturated rings. The molecule has 1 heterocycles. The van der Waals surface area contributed by atoms with Crippen molar-refractivity contribution in [2.75, 3.05) is 19.0 Å². The monoisotopic (exact) mass is 243 g/mol. The highest BCUT2D eigenvalue weighted by atomic mass is 35.5. The third-order valence-electron chi connectivity index (χ3n) is 2.21. The Hall–Kier alpha value is -0.870. The minimum absolute atomic E-state index is 0.188. The molecule has 0 aliphatic carbocycles. The van der Waals surface area contributed by atoms with E-state index in [1.807, 2.05) is 6.92 Å². The summed E-state index contributed by atoms with van der Waals surface area (Å²) < 4.78 is 5.07. The SMILES string of the molecule is COCC(C)Nc1ncnc(Cl)c1C(C)C. The Bertz CT molecular complexity index is 344. The number of nitrogens with zero attached hydrogens (tertiary/aromatic N) is 2. The maximum absolute atomic E-state index is 6.06. The fraction of sp³-hybridized carbons (Fsp3) is 0.636. The smallest absolute Gasteiger partial charge is 0.138 e. The average Bonchev–Trinajstić information content (AvgIpc) is 2.17. The fourth-order valence-electron chi connectivity index (χ4n) is 1.53. The molecule has 0 radical (unpaired) electrons. The molecule has 0 aromatic carbocycles. The quantitative estimate of drug-likeness (QED) is 0.808. The van der Waals surface area contributed by atoms with Gasteiger partial charge in [-0.05, 0) is 12.8 Å². The first-order chi connectivity index (χ1) is 7.56. The maximum Gasteiger partial charge on any atom is 0.138 e. The lowest BCUT2D eigenvalue weighted by molar-refractivity contribution is 0.190. The number of hydrogen-bond acceptors (Lipinski definition) is 4. The third-order valence-corrected chi connectivity index (χ3v) is 2.51. The number of anilines is 1. The first-order valence-electron chi connectivity index (χ1n) is 5.32. The molecular weight excluding hydrogens is 226 g/mol. The zero-order valence-electron chi connectivity index (χ0n) is 10.1. The van der Waals surface area contributed by atoms with Crippen molar-refractivity contribution in [2.24, 2.45) is 0 Å². The molecule has 1 rings (SSSR count). The van der Waals surface area contributed by atoms with E-state index in [1.54, 1.807) is 7.11 Å². The lowest BCUT2D eigenvalue weighted by Crippen LogP contribution is -2.22. The van der Waals surface area contributed by atoms with Gasteiger partial charge in [0.2, 0.25) is 0 Å². The third kappa shape index (κ3) is 3.32. The molecule has 0 aliphatic rings. The van der Waals surface area contributed by atoms with Crippen LogP contribution in [0.25, 0.3) is 0 Å². The van der Waals surface area contributed by atoms with Gasteiger partial charge in [0.1, 0.15) is 17.3 Å². The van der Waals surface area contributed by atoms with Gasteiger partial charge in [-0.2, -0.15) is 0 Å². The summed E-state index contributed by atoms with van der Waals surface area (Å²) in [6.45, 7) is 6.79. The molecule has 1 atom stereocenters. The van der Waals surface area contributed by atoms with Gasteiger partial charge in [-0.15, -0.1) is 0 Å². The number of nitrogens with one attached hydrogen (secondary N) is 1. The van der Waals surface area contributed by atoms with Crippen LogP contribution in [0.4, 0.5) is 5.82 Å². The van der Waals surface area contributed by atoms with Crippen LogP contribution in [0.3, 0.4) is 0 Å². The molecule has 16 heavy (non-hydrogen) atoms. The summed E-state index contributed by atoms with van der Waals surface area (Å²) in [4.78, 5) is 8.22. The summed E-state index contributed by atoms with van der Waals surface area (Å²) >= 11 is 6.06. The summed E-state index contributed by atoms with van der Waals surface area (Å²) in [6, 6.07) is 0.188. The predicted molar refractivity (Wildman–Crippen MR) is 66.1 cm³/mol. The Balaban J connectivity index is 2.90. The predicted octanol–water partition coefficient (Wildman–Crippen LogP) is 2.70. The second-order valence-corrected chi connectivity index (χ2v) is 4.44. The van der Waals surface area contributed by atoms with E-state index >= 15 is 0 Å². The van der Waals surface area contributed by atoms with Crippen molar-refractivity contribution in [3.8, 4) is 0 Å². The Morgan fingerprint density at radius 1 is 1.38 bits per heavy atom. The van der Waals surface area contributed by atoms with E-state index < -0.39 is 0 Å². The van der Waals surface area contributed by atoms with Crippen LogP contribution in [0.5, 0.6) is 0 Å². The maximum atomic E-state index is 6.06. The van der Waals surface area contributed by atoms with Gasteiger partial charge in [0, 0.05) is 18.7 Å². The summed E-state index contributed by atoms with van der Waals surface area (Å²) in [5.74, 6) is 1.07. The summed E-state index contributed by atoms with van der Waals surface area (Å²) in [5, 5.41) is 3.78. The molecule has 0 spiro atoms. The van der Waals surface area contributed by atoms with Gasteiger partial charge in [0.05, 0.1) is 6.61 Å². The second-order valence-electron chi connectivity index (χ2n) is 4.08. The van der Waals surface area contributed by atoms with E-state index in [1.165, 1.54) is 6.33 Å². The second kappa shape index (κ2) is 6.01. The van der Waals surface area contributed by atoms with Crippen LogP contribution in [0.15, 0.2) is 6.33 Å². The molecule has 1 aromatic heterocycles. The first-order valence-corrected chi connectivity index (χ1v) is 5.70. The normalized spacial score (nSPS) is 12.9. The zero-order chi connectivity index (χ0) is 12.1. The van der Waals surface area contributed by atoms with Gasteiger partial charge in [-0.3, -0.25) is 0 Å². The summed E-state index contributed by atoms with van der Waals surface area (Å²) in [5.41, 5.74) is 0.951. The van der Waals surface area contributed by atoms with E-state index in [2.05, 4.69) is 29.1 Å². The number of aromatic nitrogens is 2. The van der Waals surface area contributed by atoms with Gasteiger partial charge in [-0.25, -0.2) is 9.97 Å². The van der Waals surface area contributed by atoms with Crippen LogP contribution in [0.1, 0.15) is 32.3 Å². The van der Waals surface area contributed by atoms with Gasteiger partial charge in [-0.1, -0.05) is 25.4 Å². The molecule has 4 nitrogen and oxygen atoms in total. The van der Waals surface area contributed by atoms with Crippen molar-refractivity contribution in [2.45, 2.75) is 32.7 Å². The minimum atomic E-state index is 0.188. The molecule has 1 aromatic rings. The molecule has 1 N–H and O–H groups in total. The van der Waals surface area contributed by atoms with E-state index in [0.717, 1.165) is 11.4 Å². The van der Waals surface area contributed by atoms with Gasteiger partial charge in [0.15, 0.2) is 0 Å². The van der Waals surface area contributed by atoms with Crippen molar-refractivity contribution >= 4 is 17.4 Å². The lowest BCUT2D eigenvalue weighted by Gasteiger charge is -2.18. The molecule has 5 heteroatoms. The van der Waals surface area contributed by atoms with Crippen LogP contribution >= 0.6 is 11.6 Å². The average molecular weight is 244 g/mol. The molecule has 0 bridgehead atoms. The van der Waals surface area contributed by atoms with E-state index in [4.69, 9.17) is 16.3 Å². The van der Waals surface area contributed by atoms with E-state index in [-0.39, 0.29) is 12.0 Å². The van der Waals surface area contributed by atoms with Crippen molar-refractivity contribution in [3.63, 3.8) is 0 Å².